The number of nitrogens with zero attached hydrogens (tertiary/aromatic N) is 2. The van der Waals surface area contributed by atoms with Gasteiger partial charge in [-0.05, 0) is 6.07 Å². The second-order valence-corrected chi connectivity index (χ2v) is 6.86. The number of aliphatic hydroxyl groups excluding tert-OH is 1. The molecule has 0 aromatic heterocycles. The van der Waals surface area contributed by atoms with Crippen LogP contribution in [0, 0.1) is 5.92 Å². The fourth-order valence-electron chi connectivity index (χ4n) is 3.69. The first-order valence-electron chi connectivity index (χ1n) is 9.22. The zero-order valence-electron chi connectivity index (χ0n) is 15.8. The summed E-state index contributed by atoms with van der Waals surface area (Å²) in [5.74, 6) is 0.309. The number of rotatable bonds is 7. The summed E-state index contributed by atoms with van der Waals surface area (Å²) >= 11 is 0. The van der Waals surface area contributed by atoms with E-state index in [1.54, 1.807) is 0 Å². The van der Waals surface area contributed by atoms with E-state index in [2.05, 4.69) is 4.90 Å². The summed E-state index contributed by atoms with van der Waals surface area (Å²) in [6.07, 6.45) is 0. The second kappa shape index (κ2) is 11.6. The summed E-state index contributed by atoms with van der Waals surface area (Å²) < 4.78 is 11.4. The van der Waals surface area contributed by atoms with Crippen molar-refractivity contribution in [2.75, 3.05) is 52.6 Å². The highest BCUT2D eigenvalue weighted by molar-refractivity contribution is 5.69. The Kier molecular flexibility index (Phi) is 9.15. The number of fused-ring (bicyclic) bond motifs is 3. The zero-order chi connectivity index (χ0) is 20.4. The van der Waals surface area contributed by atoms with Crippen molar-refractivity contribution in [2.24, 2.45) is 5.92 Å². The number of para-hydroxylation sites is 1. The van der Waals surface area contributed by atoms with E-state index in [0.717, 1.165) is 37.5 Å². The number of hydrogen-bond donors (Lipinski definition) is 3. The van der Waals surface area contributed by atoms with Crippen LogP contribution in [0.25, 0.3) is 0 Å². The van der Waals surface area contributed by atoms with Crippen molar-refractivity contribution in [2.45, 2.75) is 12.6 Å². The first-order valence-corrected chi connectivity index (χ1v) is 9.22. The Hall–Kier alpha value is -2.20. The van der Waals surface area contributed by atoms with E-state index in [0.29, 0.717) is 19.1 Å². The van der Waals surface area contributed by atoms with Gasteiger partial charge >= 0.3 is 5.97 Å². The molecular formula is C19H28N2O7. The van der Waals surface area contributed by atoms with Crippen molar-refractivity contribution in [3.05, 3.63) is 29.8 Å². The lowest BCUT2D eigenvalue weighted by Gasteiger charge is -2.30. The fourth-order valence-corrected chi connectivity index (χ4v) is 3.69. The number of benzene rings is 1. The lowest BCUT2D eigenvalue weighted by molar-refractivity contribution is -0.139. The van der Waals surface area contributed by atoms with Gasteiger partial charge < -0.3 is 24.8 Å². The number of hydrogen-bond acceptors (Lipinski definition) is 7. The van der Waals surface area contributed by atoms with Gasteiger partial charge in [0.05, 0.1) is 26.4 Å². The van der Waals surface area contributed by atoms with E-state index in [1.165, 1.54) is 0 Å². The smallest absolute Gasteiger partial charge is 0.317 e. The highest BCUT2D eigenvalue weighted by atomic mass is 16.5. The van der Waals surface area contributed by atoms with Crippen LogP contribution in [0.4, 0.5) is 0 Å². The molecule has 156 valence electrons. The van der Waals surface area contributed by atoms with E-state index in [4.69, 9.17) is 29.6 Å². The average Bonchev–Trinajstić information content (AvgIpc) is 2.91. The van der Waals surface area contributed by atoms with Gasteiger partial charge in [0.15, 0.2) is 0 Å². The Balaban J connectivity index is 0.000000878. The molecule has 2 aliphatic rings. The van der Waals surface area contributed by atoms with Crippen LogP contribution < -0.4 is 4.74 Å². The summed E-state index contributed by atoms with van der Waals surface area (Å²) in [6, 6.07) is 7.96. The molecule has 2 saturated heterocycles. The quantitative estimate of drug-likeness (QED) is 0.546. The highest BCUT2D eigenvalue weighted by Crippen LogP contribution is 2.24. The lowest BCUT2D eigenvalue weighted by atomic mass is 10.1. The minimum atomic E-state index is -0.790. The second-order valence-electron chi connectivity index (χ2n) is 6.86. The Labute approximate surface area is 164 Å². The molecule has 0 aliphatic carbocycles. The van der Waals surface area contributed by atoms with Crippen molar-refractivity contribution in [1.29, 1.82) is 0 Å². The SMILES string of the molecule is O=C(O)CN1C[C@H]2COC[C@@H]1CN(Cc1ccccc1OCCO)C2.O=CO. The first kappa shape index (κ1) is 22.1. The molecule has 2 aliphatic heterocycles. The number of aliphatic hydroxyl groups is 1. The maximum Gasteiger partial charge on any atom is 0.317 e. The van der Waals surface area contributed by atoms with Crippen molar-refractivity contribution < 1.29 is 34.4 Å². The van der Waals surface area contributed by atoms with Gasteiger partial charge in [0.25, 0.3) is 6.47 Å². The monoisotopic (exact) mass is 396 g/mol. The Morgan fingerprint density at radius 1 is 1.25 bits per heavy atom. The van der Waals surface area contributed by atoms with E-state index in [-0.39, 0.29) is 32.3 Å². The Morgan fingerprint density at radius 2 is 2.00 bits per heavy atom. The van der Waals surface area contributed by atoms with Gasteiger partial charge in [0.2, 0.25) is 0 Å². The molecule has 9 heteroatoms. The molecular weight excluding hydrogens is 368 g/mol. The molecule has 9 nitrogen and oxygen atoms in total. The maximum atomic E-state index is 11.2. The number of ether oxygens (including phenoxy) is 2. The van der Waals surface area contributed by atoms with Crippen LogP contribution in [0.15, 0.2) is 24.3 Å². The number of carboxylic acids is 1. The Bertz CT molecular complexity index is 628. The summed E-state index contributed by atoms with van der Waals surface area (Å²) in [5.41, 5.74) is 1.08. The standard InChI is InChI=1S/C18H26N2O5.CH2O2/c21-5-6-25-17-4-2-1-3-15(17)9-19-7-14-8-20(11-18(22)23)16(10-19)13-24-12-14;2-1-3/h1-4,14,16,21H,5-13H2,(H,22,23);1H,(H,2,3)/t14-,16-;/m0./s1. The third-order valence-corrected chi connectivity index (χ3v) is 4.71. The molecule has 3 N–H and O–H groups in total. The van der Waals surface area contributed by atoms with Crippen LogP contribution in [0.5, 0.6) is 5.75 Å². The molecule has 0 unspecified atom stereocenters. The molecule has 0 amide bonds. The molecule has 2 atom stereocenters. The molecule has 0 saturated carbocycles. The van der Waals surface area contributed by atoms with Gasteiger partial charge in [0.1, 0.15) is 12.4 Å². The predicted molar refractivity (Wildman–Crippen MR) is 100 cm³/mol. The third kappa shape index (κ3) is 6.75. The number of aliphatic carboxylic acids is 1. The van der Waals surface area contributed by atoms with Crippen molar-refractivity contribution in [3.8, 4) is 5.75 Å². The van der Waals surface area contributed by atoms with Crippen LogP contribution in [0.2, 0.25) is 0 Å². The van der Waals surface area contributed by atoms with Crippen LogP contribution in [-0.4, -0.2) is 96.2 Å². The van der Waals surface area contributed by atoms with E-state index < -0.39 is 5.97 Å². The molecule has 1 aromatic carbocycles. The minimum Gasteiger partial charge on any atom is -0.491 e. The summed E-state index contributed by atoms with van der Waals surface area (Å²) in [5, 5.41) is 25.0. The van der Waals surface area contributed by atoms with Gasteiger partial charge in [-0.1, -0.05) is 18.2 Å². The molecule has 0 radical (unpaired) electrons. The summed E-state index contributed by atoms with van der Waals surface area (Å²) in [4.78, 5) is 23.9. The van der Waals surface area contributed by atoms with Crippen molar-refractivity contribution in [3.63, 3.8) is 0 Å². The van der Waals surface area contributed by atoms with Gasteiger partial charge in [-0.25, -0.2) is 0 Å². The topological polar surface area (TPSA) is 120 Å². The Morgan fingerprint density at radius 3 is 2.71 bits per heavy atom. The van der Waals surface area contributed by atoms with Crippen LogP contribution in [0.1, 0.15) is 5.56 Å². The summed E-state index contributed by atoms with van der Waals surface area (Å²) in [7, 11) is 0. The molecule has 3 rings (SSSR count). The van der Waals surface area contributed by atoms with E-state index in [9.17, 15) is 4.79 Å². The largest absolute Gasteiger partial charge is 0.491 e. The molecule has 1 aromatic rings. The number of carboxylic acid groups (broad SMARTS) is 2. The number of carbonyl (C=O) groups is 2. The summed E-state index contributed by atoms with van der Waals surface area (Å²) in [6.45, 7) is 4.49. The van der Waals surface area contributed by atoms with E-state index in [1.807, 2.05) is 29.2 Å². The van der Waals surface area contributed by atoms with Gasteiger partial charge in [-0.2, -0.15) is 0 Å². The molecule has 0 spiro atoms. The minimum absolute atomic E-state index is 0.0102. The van der Waals surface area contributed by atoms with Gasteiger partial charge in [-0.3, -0.25) is 19.4 Å². The maximum absolute atomic E-state index is 11.2. The van der Waals surface area contributed by atoms with Gasteiger partial charge in [0, 0.05) is 43.7 Å². The lowest BCUT2D eigenvalue weighted by Crippen LogP contribution is -2.45. The average molecular weight is 396 g/mol. The predicted octanol–water partition coefficient (Wildman–Crippen LogP) is -0.0243. The van der Waals surface area contributed by atoms with Gasteiger partial charge in [-0.15, -0.1) is 0 Å². The molecule has 2 heterocycles. The van der Waals surface area contributed by atoms with Crippen molar-refractivity contribution in [1.82, 2.24) is 9.80 Å². The molecule has 28 heavy (non-hydrogen) atoms. The van der Waals surface area contributed by atoms with E-state index >= 15 is 0 Å². The highest BCUT2D eigenvalue weighted by Gasteiger charge is 2.34. The third-order valence-electron chi connectivity index (χ3n) is 4.71. The zero-order valence-corrected chi connectivity index (χ0v) is 15.8. The van der Waals surface area contributed by atoms with Crippen LogP contribution >= 0.6 is 0 Å². The van der Waals surface area contributed by atoms with Crippen molar-refractivity contribution >= 4 is 12.4 Å². The van der Waals surface area contributed by atoms with Crippen LogP contribution in [0.3, 0.4) is 0 Å². The van der Waals surface area contributed by atoms with Crippen LogP contribution in [-0.2, 0) is 20.9 Å². The molecule has 2 bridgehead atoms. The molecule has 2 fully saturated rings. The normalized spacial score (nSPS) is 22.5. The first-order chi connectivity index (χ1) is 13.6. The fraction of sp³-hybridized carbons (Fsp3) is 0.579.